The van der Waals surface area contributed by atoms with E-state index in [0.717, 1.165) is 34.5 Å². The maximum atomic E-state index is 12.9. The molecule has 0 atom stereocenters. The molecule has 0 aromatic heterocycles. The van der Waals surface area contributed by atoms with Gasteiger partial charge < -0.3 is 9.64 Å². The number of hydrogen-bond acceptors (Lipinski definition) is 4. The molecule has 0 unspecified atom stereocenters. The Morgan fingerprint density at radius 2 is 1.76 bits per heavy atom. The molecule has 0 bridgehead atoms. The second-order valence-electron chi connectivity index (χ2n) is 7.31. The summed E-state index contributed by atoms with van der Waals surface area (Å²) >= 11 is 0. The number of sulfonamides is 1. The van der Waals surface area contributed by atoms with Crippen LogP contribution < -0.4 is 14.4 Å². The molecule has 0 fully saturated rings. The van der Waals surface area contributed by atoms with Gasteiger partial charge in [0.2, 0.25) is 5.91 Å². The minimum Gasteiger partial charge on any atom is -0.493 e. The van der Waals surface area contributed by atoms with Crippen LogP contribution in [0.3, 0.4) is 0 Å². The van der Waals surface area contributed by atoms with Gasteiger partial charge in [-0.2, -0.15) is 0 Å². The Hall–Kier alpha value is -2.54. The molecule has 0 aliphatic carbocycles. The Morgan fingerprint density at radius 1 is 1.07 bits per heavy atom. The summed E-state index contributed by atoms with van der Waals surface area (Å²) in [5.74, 6) is 0.842. The van der Waals surface area contributed by atoms with Crippen LogP contribution >= 0.6 is 0 Å². The lowest BCUT2D eigenvalue weighted by Gasteiger charge is -2.29. The van der Waals surface area contributed by atoms with Gasteiger partial charge in [0.15, 0.2) is 0 Å². The number of anilines is 2. The molecule has 29 heavy (non-hydrogen) atoms. The fraction of sp³-hybridized carbons (Fsp3) is 0.409. The van der Waals surface area contributed by atoms with Crippen molar-refractivity contribution in [2.24, 2.45) is 0 Å². The number of amides is 1. The van der Waals surface area contributed by atoms with Crippen molar-refractivity contribution in [3.63, 3.8) is 0 Å². The summed E-state index contributed by atoms with van der Waals surface area (Å²) < 4.78 is 34.2. The molecule has 0 saturated carbocycles. The Morgan fingerprint density at radius 3 is 2.38 bits per heavy atom. The molecule has 7 heteroatoms. The first-order valence-electron chi connectivity index (χ1n) is 9.97. The van der Waals surface area contributed by atoms with Crippen LogP contribution in [-0.4, -0.2) is 27.5 Å². The monoisotopic (exact) mass is 416 g/mol. The van der Waals surface area contributed by atoms with Crippen LogP contribution in [0.2, 0.25) is 0 Å². The molecule has 1 amide bonds. The molecule has 3 rings (SSSR count). The van der Waals surface area contributed by atoms with Gasteiger partial charge in [-0.25, -0.2) is 8.42 Å². The third-order valence-corrected chi connectivity index (χ3v) is 6.37. The van der Waals surface area contributed by atoms with Gasteiger partial charge in [-0.3, -0.25) is 9.52 Å². The van der Waals surface area contributed by atoms with Crippen molar-refractivity contribution in [2.75, 3.05) is 22.8 Å². The Labute approximate surface area is 172 Å². The Kier molecular flexibility index (Phi) is 6.17. The van der Waals surface area contributed by atoms with Crippen LogP contribution in [0.25, 0.3) is 0 Å². The van der Waals surface area contributed by atoms with Gasteiger partial charge in [0.1, 0.15) is 5.75 Å². The van der Waals surface area contributed by atoms with Crippen molar-refractivity contribution in [2.45, 2.75) is 51.9 Å². The molecule has 1 heterocycles. The third-order valence-electron chi connectivity index (χ3n) is 5.01. The van der Waals surface area contributed by atoms with Crippen molar-refractivity contribution < 1.29 is 17.9 Å². The van der Waals surface area contributed by atoms with Gasteiger partial charge in [0, 0.05) is 24.3 Å². The van der Waals surface area contributed by atoms with E-state index in [1.165, 1.54) is 0 Å². The first-order valence-corrected chi connectivity index (χ1v) is 11.4. The van der Waals surface area contributed by atoms with Crippen LogP contribution in [0.4, 0.5) is 11.4 Å². The van der Waals surface area contributed by atoms with Crippen LogP contribution in [0.15, 0.2) is 35.2 Å². The van der Waals surface area contributed by atoms with E-state index in [9.17, 15) is 13.2 Å². The van der Waals surface area contributed by atoms with E-state index in [-0.39, 0.29) is 10.8 Å². The number of fused-ring (bicyclic) bond motifs is 1. The molecule has 1 aliphatic rings. The molecule has 0 radical (unpaired) electrons. The molecular weight excluding hydrogens is 388 g/mol. The fourth-order valence-corrected chi connectivity index (χ4v) is 4.96. The SMILES string of the molecule is CCCN1C(=O)CCc2cc(NS(=O)(=O)c3cc(C)c(OCC)c(C)c3)ccc21. The molecule has 6 nitrogen and oxygen atoms in total. The number of carbonyl (C=O) groups is 1. The van der Waals surface area contributed by atoms with E-state index in [1.54, 1.807) is 23.1 Å². The standard InChI is InChI=1S/C22H28N2O4S/c1-5-11-24-20-9-8-18(14-17(20)7-10-21(24)25)23-29(26,27)19-12-15(3)22(28-6-2)16(4)13-19/h8-9,12-14,23H,5-7,10-11H2,1-4H3. The summed E-state index contributed by atoms with van der Waals surface area (Å²) in [6.45, 7) is 8.81. The first-order chi connectivity index (χ1) is 13.8. The lowest BCUT2D eigenvalue weighted by molar-refractivity contribution is -0.118. The second-order valence-corrected chi connectivity index (χ2v) is 9.00. The van der Waals surface area contributed by atoms with Gasteiger partial charge >= 0.3 is 0 Å². The lowest BCUT2D eigenvalue weighted by Crippen LogP contribution is -2.35. The molecule has 0 saturated heterocycles. The molecule has 2 aromatic rings. The maximum absolute atomic E-state index is 12.9. The zero-order chi connectivity index (χ0) is 21.2. The summed E-state index contributed by atoms with van der Waals surface area (Å²) in [7, 11) is -3.74. The van der Waals surface area contributed by atoms with E-state index in [4.69, 9.17) is 4.74 Å². The summed E-state index contributed by atoms with van der Waals surface area (Å²) in [5.41, 5.74) is 3.92. The van der Waals surface area contributed by atoms with E-state index >= 15 is 0 Å². The largest absolute Gasteiger partial charge is 0.493 e. The Balaban J connectivity index is 1.89. The van der Waals surface area contributed by atoms with Crippen molar-refractivity contribution in [3.8, 4) is 5.75 Å². The van der Waals surface area contributed by atoms with Gasteiger partial charge in [-0.15, -0.1) is 0 Å². The van der Waals surface area contributed by atoms with Gasteiger partial charge in [-0.1, -0.05) is 6.92 Å². The topological polar surface area (TPSA) is 75.7 Å². The van der Waals surface area contributed by atoms with Crippen molar-refractivity contribution >= 4 is 27.3 Å². The van der Waals surface area contributed by atoms with Crippen LogP contribution in [0, 0.1) is 13.8 Å². The number of hydrogen-bond donors (Lipinski definition) is 1. The van der Waals surface area contributed by atoms with Crippen molar-refractivity contribution in [1.29, 1.82) is 0 Å². The average molecular weight is 417 g/mol. The number of aryl methyl sites for hydroxylation is 3. The first kappa shape index (κ1) is 21.2. The third kappa shape index (κ3) is 4.40. The zero-order valence-electron chi connectivity index (χ0n) is 17.4. The predicted molar refractivity (Wildman–Crippen MR) is 115 cm³/mol. The number of carbonyl (C=O) groups excluding carboxylic acids is 1. The Bertz CT molecular complexity index is 1010. The fourth-order valence-electron chi connectivity index (χ4n) is 3.74. The van der Waals surface area contributed by atoms with E-state index in [1.807, 2.05) is 39.8 Å². The van der Waals surface area contributed by atoms with Crippen molar-refractivity contribution in [1.82, 2.24) is 0 Å². The maximum Gasteiger partial charge on any atom is 0.261 e. The summed E-state index contributed by atoms with van der Waals surface area (Å²) in [5, 5.41) is 0. The quantitative estimate of drug-likeness (QED) is 0.734. The summed E-state index contributed by atoms with van der Waals surface area (Å²) in [6.07, 6.45) is 1.93. The molecule has 1 aliphatic heterocycles. The number of nitrogens with one attached hydrogen (secondary N) is 1. The van der Waals surface area contributed by atoms with E-state index < -0.39 is 10.0 Å². The van der Waals surface area contributed by atoms with Crippen molar-refractivity contribution in [3.05, 3.63) is 47.0 Å². The lowest BCUT2D eigenvalue weighted by atomic mass is 10.0. The van der Waals surface area contributed by atoms with Crippen LogP contribution in [-0.2, 0) is 21.2 Å². The highest BCUT2D eigenvalue weighted by Gasteiger charge is 2.24. The predicted octanol–water partition coefficient (Wildman–Crippen LogP) is 4.19. The number of ether oxygens (including phenoxy) is 1. The number of nitrogens with zero attached hydrogens (tertiary/aromatic N) is 1. The minimum atomic E-state index is -3.74. The molecule has 2 aromatic carbocycles. The molecular formula is C22H28N2O4S. The minimum absolute atomic E-state index is 0.119. The number of rotatable bonds is 7. The summed E-state index contributed by atoms with van der Waals surface area (Å²) in [4.78, 5) is 14.2. The van der Waals surface area contributed by atoms with E-state index in [2.05, 4.69) is 4.72 Å². The summed E-state index contributed by atoms with van der Waals surface area (Å²) in [6, 6.07) is 8.62. The molecule has 1 N–H and O–H groups in total. The van der Waals surface area contributed by atoms with Gasteiger partial charge in [-0.05, 0) is 80.6 Å². The normalized spacial score (nSPS) is 13.9. The molecule has 156 valence electrons. The van der Waals surface area contributed by atoms with Gasteiger partial charge in [0.05, 0.1) is 11.5 Å². The van der Waals surface area contributed by atoms with Gasteiger partial charge in [0.25, 0.3) is 10.0 Å². The average Bonchev–Trinajstić information content (AvgIpc) is 2.66. The highest BCUT2D eigenvalue weighted by Crippen LogP contribution is 2.32. The highest BCUT2D eigenvalue weighted by molar-refractivity contribution is 7.92. The van der Waals surface area contributed by atoms with E-state index in [0.29, 0.717) is 31.7 Å². The van der Waals surface area contributed by atoms with Crippen LogP contribution in [0.5, 0.6) is 5.75 Å². The number of benzene rings is 2. The molecule has 0 spiro atoms. The second kappa shape index (κ2) is 8.45. The highest BCUT2D eigenvalue weighted by atomic mass is 32.2. The zero-order valence-corrected chi connectivity index (χ0v) is 18.2. The smallest absolute Gasteiger partial charge is 0.261 e. The van der Waals surface area contributed by atoms with Crippen LogP contribution in [0.1, 0.15) is 43.4 Å².